The quantitative estimate of drug-likeness (QED) is 0.498. The second-order valence-electron chi connectivity index (χ2n) is 4.79. The van der Waals surface area contributed by atoms with Gasteiger partial charge in [0.05, 0.1) is 17.4 Å². The molecule has 0 saturated heterocycles. The van der Waals surface area contributed by atoms with Gasteiger partial charge in [0.2, 0.25) is 0 Å². The first-order valence-electron chi connectivity index (χ1n) is 6.89. The molecule has 0 heterocycles. The topological polar surface area (TPSA) is 98.5 Å². The standard InChI is InChI=1S/C16H13FN2O5/c17-12-6-7-13(14(9-12)19(22)23)18-15(20)10-24-16(21)8-11-4-2-1-3-5-11/h1-7,9H,8,10H2,(H,18,20). The summed E-state index contributed by atoms with van der Waals surface area (Å²) in [5.74, 6) is -2.16. The number of hydrogen-bond donors (Lipinski definition) is 1. The smallest absolute Gasteiger partial charge is 0.310 e. The molecule has 2 aromatic rings. The van der Waals surface area contributed by atoms with E-state index in [1.165, 1.54) is 0 Å². The maximum atomic E-state index is 13.0. The van der Waals surface area contributed by atoms with Crippen LogP contribution < -0.4 is 5.32 Å². The summed E-state index contributed by atoms with van der Waals surface area (Å²) in [5, 5.41) is 13.0. The summed E-state index contributed by atoms with van der Waals surface area (Å²) in [4.78, 5) is 33.4. The zero-order chi connectivity index (χ0) is 17.5. The van der Waals surface area contributed by atoms with Crippen LogP contribution in [-0.2, 0) is 20.7 Å². The van der Waals surface area contributed by atoms with Gasteiger partial charge < -0.3 is 10.1 Å². The van der Waals surface area contributed by atoms with Crippen molar-refractivity contribution in [1.29, 1.82) is 0 Å². The van der Waals surface area contributed by atoms with Crippen molar-refractivity contribution in [2.24, 2.45) is 0 Å². The molecule has 2 aromatic carbocycles. The van der Waals surface area contributed by atoms with Gasteiger partial charge in [-0.1, -0.05) is 30.3 Å². The lowest BCUT2D eigenvalue weighted by atomic mass is 10.2. The van der Waals surface area contributed by atoms with E-state index in [-0.39, 0.29) is 12.1 Å². The molecule has 1 N–H and O–H groups in total. The number of nitrogens with zero attached hydrogens (tertiary/aromatic N) is 1. The highest BCUT2D eigenvalue weighted by Crippen LogP contribution is 2.24. The number of anilines is 1. The van der Waals surface area contributed by atoms with Gasteiger partial charge >= 0.3 is 5.97 Å². The molecule has 124 valence electrons. The van der Waals surface area contributed by atoms with E-state index in [9.17, 15) is 24.1 Å². The summed E-state index contributed by atoms with van der Waals surface area (Å²) in [6, 6.07) is 11.6. The van der Waals surface area contributed by atoms with Gasteiger partial charge in [-0.25, -0.2) is 4.39 Å². The fourth-order valence-electron chi connectivity index (χ4n) is 1.91. The molecule has 0 spiro atoms. The summed E-state index contributed by atoms with van der Waals surface area (Å²) < 4.78 is 17.8. The Morgan fingerprint density at radius 1 is 1.17 bits per heavy atom. The molecule has 0 aliphatic rings. The normalized spacial score (nSPS) is 10.0. The monoisotopic (exact) mass is 332 g/mol. The molecule has 0 aromatic heterocycles. The molecule has 8 heteroatoms. The number of halogens is 1. The molecule has 0 radical (unpaired) electrons. The Morgan fingerprint density at radius 3 is 2.54 bits per heavy atom. The third-order valence-electron chi connectivity index (χ3n) is 2.99. The molecule has 24 heavy (non-hydrogen) atoms. The van der Waals surface area contributed by atoms with Gasteiger partial charge in [0, 0.05) is 0 Å². The van der Waals surface area contributed by atoms with Crippen LogP contribution in [0.3, 0.4) is 0 Å². The Morgan fingerprint density at radius 2 is 1.88 bits per heavy atom. The zero-order valence-corrected chi connectivity index (χ0v) is 12.4. The maximum absolute atomic E-state index is 13.0. The van der Waals surface area contributed by atoms with E-state index in [0.29, 0.717) is 6.07 Å². The minimum absolute atomic E-state index is 0.00478. The van der Waals surface area contributed by atoms with E-state index in [1.807, 2.05) is 0 Å². The number of ether oxygens (including phenoxy) is 1. The van der Waals surface area contributed by atoms with Crippen molar-refractivity contribution in [3.63, 3.8) is 0 Å². The Kier molecular flexibility index (Phi) is 5.56. The van der Waals surface area contributed by atoms with Crippen LogP contribution in [0.1, 0.15) is 5.56 Å². The van der Waals surface area contributed by atoms with E-state index in [4.69, 9.17) is 4.74 Å². The zero-order valence-electron chi connectivity index (χ0n) is 12.4. The average Bonchev–Trinajstić information content (AvgIpc) is 2.55. The Balaban J connectivity index is 1.90. The van der Waals surface area contributed by atoms with Crippen LogP contribution >= 0.6 is 0 Å². The van der Waals surface area contributed by atoms with Crippen molar-refractivity contribution >= 4 is 23.3 Å². The lowest BCUT2D eigenvalue weighted by Gasteiger charge is -2.07. The number of esters is 1. The van der Waals surface area contributed by atoms with Crippen molar-refractivity contribution < 1.29 is 23.6 Å². The van der Waals surface area contributed by atoms with Crippen LogP contribution in [0.25, 0.3) is 0 Å². The molecule has 0 unspecified atom stereocenters. The van der Waals surface area contributed by atoms with Crippen LogP contribution in [0.5, 0.6) is 0 Å². The molecular formula is C16H13FN2O5. The molecule has 0 fully saturated rings. The minimum atomic E-state index is -0.819. The number of carbonyl (C=O) groups excluding carboxylic acids is 2. The van der Waals surface area contributed by atoms with Crippen LogP contribution in [0.15, 0.2) is 48.5 Å². The van der Waals surface area contributed by atoms with Crippen molar-refractivity contribution in [1.82, 2.24) is 0 Å². The summed E-state index contributed by atoms with van der Waals surface area (Å²) in [6.07, 6.45) is 0.00478. The van der Waals surface area contributed by atoms with E-state index in [2.05, 4.69) is 5.32 Å². The van der Waals surface area contributed by atoms with Crippen molar-refractivity contribution in [3.8, 4) is 0 Å². The van der Waals surface area contributed by atoms with E-state index in [0.717, 1.165) is 17.7 Å². The second-order valence-corrected chi connectivity index (χ2v) is 4.79. The fourth-order valence-corrected chi connectivity index (χ4v) is 1.91. The number of benzene rings is 2. The molecule has 0 aliphatic carbocycles. The number of nitro groups is 1. The molecular weight excluding hydrogens is 319 g/mol. The first kappa shape index (κ1) is 17.1. The Bertz CT molecular complexity index is 764. The van der Waals surface area contributed by atoms with Crippen LogP contribution in [0, 0.1) is 15.9 Å². The average molecular weight is 332 g/mol. The van der Waals surface area contributed by atoms with Crippen molar-refractivity contribution in [2.45, 2.75) is 6.42 Å². The summed E-state index contributed by atoms with van der Waals surface area (Å²) in [7, 11) is 0. The molecule has 0 atom stereocenters. The number of carbonyl (C=O) groups is 2. The van der Waals surface area contributed by atoms with Gasteiger partial charge in [-0.15, -0.1) is 0 Å². The minimum Gasteiger partial charge on any atom is -0.455 e. The number of nitro benzene ring substituents is 1. The van der Waals surface area contributed by atoms with Gasteiger partial charge in [0.25, 0.3) is 11.6 Å². The summed E-state index contributed by atoms with van der Waals surface area (Å²) in [5.41, 5.74) is -0.0263. The lowest BCUT2D eigenvalue weighted by molar-refractivity contribution is -0.384. The van der Waals surface area contributed by atoms with Gasteiger partial charge in [0.1, 0.15) is 11.5 Å². The van der Waals surface area contributed by atoms with Crippen LogP contribution in [0.4, 0.5) is 15.8 Å². The number of amides is 1. The van der Waals surface area contributed by atoms with E-state index < -0.39 is 34.9 Å². The molecule has 0 saturated carbocycles. The Labute approximate surface area is 136 Å². The summed E-state index contributed by atoms with van der Waals surface area (Å²) >= 11 is 0. The predicted molar refractivity (Wildman–Crippen MR) is 82.8 cm³/mol. The van der Waals surface area contributed by atoms with Gasteiger partial charge in [-0.05, 0) is 17.7 Å². The fraction of sp³-hybridized carbons (Fsp3) is 0.125. The molecule has 0 bridgehead atoms. The highest BCUT2D eigenvalue weighted by atomic mass is 19.1. The van der Waals surface area contributed by atoms with Gasteiger partial charge in [0.15, 0.2) is 6.61 Å². The molecule has 2 rings (SSSR count). The third-order valence-corrected chi connectivity index (χ3v) is 2.99. The highest BCUT2D eigenvalue weighted by molar-refractivity contribution is 5.94. The lowest BCUT2D eigenvalue weighted by Crippen LogP contribution is -2.22. The summed E-state index contributed by atoms with van der Waals surface area (Å²) in [6.45, 7) is -0.597. The third kappa shape index (κ3) is 4.87. The molecule has 7 nitrogen and oxygen atoms in total. The van der Waals surface area contributed by atoms with Crippen molar-refractivity contribution in [2.75, 3.05) is 11.9 Å². The second kappa shape index (κ2) is 7.82. The number of nitrogens with one attached hydrogen (secondary N) is 1. The predicted octanol–water partition coefficient (Wildman–Crippen LogP) is 2.46. The van der Waals surface area contributed by atoms with E-state index in [1.54, 1.807) is 30.3 Å². The first-order chi connectivity index (χ1) is 11.5. The van der Waals surface area contributed by atoms with Crippen LogP contribution in [0.2, 0.25) is 0 Å². The molecule has 0 aliphatic heterocycles. The first-order valence-corrected chi connectivity index (χ1v) is 6.89. The highest BCUT2D eigenvalue weighted by Gasteiger charge is 2.17. The van der Waals surface area contributed by atoms with Crippen LogP contribution in [-0.4, -0.2) is 23.4 Å². The maximum Gasteiger partial charge on any atom is 0.310 e. The largest absolute Gasteiger partial charge is 0.455 e. The van der Waals surface area contributed by atoms with E-state index >= 15 is 0 Å². The number of rotatable bonds is 6. The number of hydrogen-bond acceptors (Lipinski definition) is 5. The molecule has 1 amide bonds. The SMILES string of the molecule is O=C(COC(=O)Cc1ccccc1)Nc1ccc(F)cc1[N+](=O)[O-]. The van der Waals surface area contributed by atoms with Crippen molar-refractivity contribution in [3.05, 3.63) is 70.0 Å². The van der Waals surface area contributed by atoms with Gasteiger partial charge in [-0.2, -0.15) is 0 Å². The Hall–Kier alpha value is -3.29. The van der Waals surface area contributed by atoms with Gasteiger partial charge in [-0.3, -0.25) is 19.7 Å².